The molecule has 1 nitrogen and oxygen atoms in total. The average Bonchev–Trinajstić information content (AvgIpc) is 2.49. The Labute approximate surface area is 124 Å². The summed E-state index contributed by atoms with van der Waals surface area (Å²) in [6.07, 6.45) is 1.93. The summed E-state index contributed by atoms with van der Waals surface area (Å²) < 4.78 is 53.5. The third kappa shape index (κ3) is 3.32. The summed E-state index contributed by atoms with van der Waals surface area (Å²) >= 11 is 1.56. The van der Waals surface area contributed by atoms with E-state index in [0.717, 1.165) is 10.5 Å². The average molecular weight is 315 g/mol. The van der Waals surface area contributed by atoms with Crippen LogP contribution in [0.5, 0.6) is 0 Å². The van der Waals surface area contributed by atoms with Crippen LogP contribution in [-0.4, -0.2) is 6.26 Å². The molecular formula is C15H13F4NS. The summed E-state index contributed by atoms with van der Waals surface area (Å²) in [5, 5.41) is 2.48. The molecule has 112 valence electrons. The minimum atomic E-state index is -1.43. The van der Waals surface area contributed by atoms with E-state index in [0.29, 0.717) is 0 Å². The lowest BCUT2D eigenvalue weighted by atomic mass is 10.1. The van der Waals surface area contributed by atoms with Gasteiger partial charge in [-0.1, -0.05) is 12.1 Å². The molecule has 0 aliphatic heterocycles. The second-order valence-electron chi connectivity index (χ2n) is 4.48. The Morgan fingerprint density at radius 1 is 0.952 bits per heavy atom. The molecule has 0 fully saturated rings. The molecule has 1 atom stereocenters. The molecule has 2 aromatic rings. The van der Waals surface area contributed by atoms with Gasteiger partial charge in [0.2, 0.25) is 0 Å². The lowest BCUT2D eigenvalue weighted by Crippen LogP contribution is -2.11. The van der Waals surface area contributed by atoms with Crippen molar-refractivity contribution in [1.29, 1.82) is 0 Å². The van der Waals surface area contributed by atoms with Crippen LogP contribution in [-0.2, 0) is 0 Å². The number of nitrogens with one attached hydrogen (secondary N) is 1. The quantitative estimate of drug-likeness (QED) is 0.476. The Morgan fingerprint density at radius 2 is 1.48 bits per heavy atom. The molecule has 0 aliphatic rings. The Bertz CT molecular complexity index is 617. The fourth-order valence-corrected chi connectivity index (χ4v) is 2.30. The molecule has 0 amide bonds. The zero-order valence-electron chi connectivity index (χ0n) is 11.4. The van der Waals surface area contributed by atoms with Crippen molar-refractivity contribution in [3.05, 3.63) is 59.2 Å². The van der Waals surface area contributed by atoms with Crippen molar-refractivity contribution in [2.75, 3.05) is 11.6 Å². The summed E-state index contributed by atoms with van der Waals surface area (Å²) in [5.41, 5.74) is -0.0507. The van der Waals surface area contributed by atoms with Gasteiger partial charge in [0.25, 0.3) is 0 Å². The number of benzene rings is 2. The fraction of sp³-hybridized carbons (Fsp3) is 0.200. The topological polar surface area (TPSA) is 12.0 Å². The van der Waals surface area contributed by atoms with Gasteiger partial charge in [-0.2, -0.15) is 0 Å². The molecule has 0 aliphatic carbocycles. The first-order chi connectivity index (χ1) is 9.93. The van der Waals surface area contributed by atoms with E-state index in [4.69, 9.17) is 0 Å². The molecule has 2 aromatic carbocycles. The van der Waals surface area contributed by atoms with Crippen LogP contribution >= 0.6 is 11.8 Å². The normalized spacial score (nSPS) is 12.3. The van der Waals surface area contributed by atoms with Crippen molar-refractivity contribution in [3.63, 3.8) is 0 Å². The van der Waals surface area contributed by atoms with Crippen molar-refractivity contribution >= 4 is 17.4 Å². The van der Waals surface area contributed by atoms with Crippen molar-refractivity contribution in [2.24, 2.45) is 0 Å². The van der Waals surface area contributed by atoms with Crippen LogP contribution in [0.25, 0.3) is 0 Å². The number of halogens is 4. The molecule has 1 unspecified atom stereocenters. The summed E-state index contributed by atoms with van der Waals surface area (Å²) in [6, 6.07) is 6.97. The Hall–Kier alpha value is -1.69. The van der Waals surface area contributed by atoms with Gasteiger partial charge in [0.05, 0.1) is 0 Å². The van der Waals surface area contributed by atoms with E-state index >= 15 is 0 Å². The van der Waals surface area contributed by atoms with Gasteiger partial charge < -0.3 is 5.32 Å². The molecular weight excluding hydrogens is 302 g/mol. The molecule has 21 heavy (non-hydrogen) atoms. The van der Waals surface area contributed by atoms with Crippen LogP contribution in [0.15, 0.2) is 35.2 Å². The minimum Gasteiger partial charge on any atom is -0.374 e. The van der Waals surface area contributed by atoms with Crippen LogP contribution in [0.2, 0.25) is 0 Å². The third-order valence-corrected chi connectivity index (χ3v) is 3.83. The van der Waals surface area contributed by atoms with Gasteiger partial charge in [0.1, 0.15) is 5.69 Å². The molecule has 0 heterocycles. The van der Waals surface area contributed by atoms with E-state index in [1.165, 1.54) is 0 Å². The maximum absolute atomic E-state index is 13.6. The summed E-state index contributed by atoms with van der Waals surface area (Å²) in [7, 11) is 0. The van der Waals surface area contributed by atoms with Crippen LogP contribution in [0.1, 0.15) is 18.5 Å². The van der Waals surface area contributed by atoms with E-state index in [9.17, 15) is 17.6 Å². The number of rotatable bonds is 4. The molecule has 0 bridgehead atoms. The second-order valence-corrected chi connectivity index (χ2v) is 5.36. The highest BCUT2D eigenvalue weighted by Crippen LogP contribution is 2.28. The van der Waals surface area contributed by atoms with Gasteiger partial charge in [-0.3, -0.25) is 0 Å². The standard InChI is InChI=1S/C15H13F4NS/c1-8(9-3-5-10(21-2)6-4-9)20-15-13(18)11(16)7-12(17)14(15)19/h3-8,20H,1-2H3. The molecule has 0 saturated carbocycles. The first kappa shape index (κ1) is 15.7. The highest BCUT2D eigenvalue weighted by Gasteiger charge is 2.20. The maximum atomic E-state index is 13.6. The Balaban J connectivity index is 2.28. The van der Waals surface area contributed by atoms with Gasteiger partial charge >= 0.3 is 0 Å². The molecule has 0 aromatic heterocycles. The predicted octanol–water partition coefficient (Wildman–Crippen LogP) is 5.14. The summed E-state index contributed by atoms with van der Waals surface area (Å²) in [5.74, 6) is -5.72. The predicted molar refractivity (Wildman–Crippen MR) is 76.5 cm³/mol. The van der Waals surface area contributed by atoms with Crippen LogP contribution in [0, 0.1) is 23.3 Å². The zero-order valence-corrected chi connectivity index (χ0v) is 12.2. The van der Waals surface area contributed by atoms with Crippen molar-refractivity contribution in [3.8, 4) is 0 Å². The highest BCUT2D eigenvalue weighted by molar-refractivity contribution is 7.98. The third-order valence-electron chi connectivity index (χ3n) is 3.09. The largest absolute Gasteiger partial charge is 0.374 e. The van der Waals surface area contributed by atoms with Crippen molar-refractivity contribution in [2.45, 2.75) is 17.9 Å². The summed E-state index contributed by atoms with van der Waals surface area (Å²) in [6.45, 7) is 1.65. The van der Waals surface area contributed by atoms with Crippen LogP contribution < -0.4 is 5.32 Å². The van der Waals surface area contributed by atoms with Crippen LogP contribution in [0.3, 0.4) is 0 Å². The lowest BCUT2D eigenvalue weighted by molar-refractivity contribution is 0.457. The van der Waals surface area contributed by atoms with Gasteiger partial charge in [-0.05, 0) is 30.9 Å². The first-order valence-corrected chi connectivity index (χ1v) is 7.40. The second kappa shape index (κ2) is 6.39. The molecule has 1 N–H and O–H groups in total. The van der Waals surface area contributed by atoms with E-state index < -0.39 is 35.0 Å². The SMILES string of the molecule is CSc1ccc(C(C)Nc2c(F)c(F)cc(F)c2F)cc1. The van der Waals surface area contributed by atoms with E-state index in [2.05, 4.69) is 5.32 Å². The van der Waals surface area contributed by atoms with E-state index in [1.807, 2.05) is 18.4 Å². The van der Waals surface area contributed by atoms with Crippen molar-refractivity contribution in [1.82, 2.24) is 0 Å². The smallest absolute Gasteiger partial charge is 0.185 e. The molecule has 2 rings (SSSR count). The number of hydrogen-bond donors (Lipinski definition) is 1. The Kier molecular flexibility index (Phi) is 4.77. The first-order valence-electron chi connectivity index (χ1n) is 6.17. The number of anilines is 1. The van der Waals surface area contributed by atoms with Crippen LogP contribution in [0.4, 0.5) is 23.2 Å². The highest BCUT2D eigenvalue weighted by atomic mass is 32.2. The van der Waals surface area contributed by atoms with Gasteiger partial charge in [-0.25, -0.2) is 17.6 Å². The monoisotopic (exact) mass is 315 g/mol. The lowest BCUT2D eigenvalue weighted by Gasteiger charge is -2.17. The minimum absolute atomic E-state index is 0.188. The van der Waals surface area contributed by atoms with E-state index in [1.54, 1.807) is 30.8 Å². The van der Waals surface area contributed by atoms with Gasteiger partial charge in [0.15, 0.2) is 23.3 Å². The molecule has 0 radical (unpaired) electrons. The molecule has 6 heteroatoms. The van der Waals surface area contributed by atoms with Gasteiger partial charge in [0, 0.05) is 17.0 Å². The summed E-state index contributed by atoms with van der Waals surface area (Å²) in [4.78, 5) is 1.04. The molecule has 0 saturated heterocycles. The van der Waals surface area contributed by atoms with E-state index in [-0.39, 0.29) is 6.07 Å². The molecule has 0 spiro atoms. The zero-order chi connectivity index (χ0) is 15.6. The van der Waals surface area contributed by atoms with Gasteiger partial charge in [-0.15, -0.1) is 11.8 Å². The Morgan fingerprint density at radius 3 is 1.95 bits per heavy atom. The number of thioether (sulfide) groups is 1. The van der Waals surface area contributed by atoms with Crippen molar-refractivity contribution < 1.29 is 17.6 Å². The maximum Gasteiger partial charge on any atom is 0.185 e. The fourth-order valence-electron chi connectivity index (χ4n) is 1.89. The number of hydrogen-bond acceptors (Lipinski definition) is 2.